The van der Waals surface area contributed by atoms with E-state index >= 15 is 0 Å². The summed E-state index contributed by atoms with van der Waals surface area (Å²) in [5.41, 5.74) is 0.919. The van der Waals surface area contributed by atoms with E-state index < -0.39 is 0 Å². The molecule has 0 saturated carbocycles. The van der Waals surface area contributed by atoms with Gasteiger partial charge in [0, 0.05) is 23.1 Å². The number of benzene rings is 1. The molecule has 0 aliphatic rings. The molecule has 0 unspecified atom stereocenters. The Morgan fingerprint density at radius 1 is 1.41 bits per heavy atom. The normalized spacial score (nSPS) is 10.3. The second-order valence-corrected chi connectivity index (χ2v) is 4.31. The Kier molecular flexibility index (Phi) is 6.34. The average Bonchev–Trinajstić information content (AvgIpc) is 2.29. The Hall–Kier alpha value is -0.770. The summed E-state index contributed by atoms with van der Waals surface area (Å²) in [5, 5.41) is 4.43. The van der Waals surface area contributed by atoms with Gasteiger partial charge in [0.1, 0.15) is 0 Å². The monoisotopic (exact) mass is 275 g/mol. The van der Waals surface area contributed by atoms with Gasteiger partial charge in [-0.2, -0.15) is 0 Å². The highest BCUT2D eigenvalue weighted by Gasteiger charge is 2.03. The summed E-state index contributed by atoms with van der Waals surface area (Å²) in [6.07, 6.45) is 0.353. The van der Waals surface area contributed by atoms with Crippen molar-refractivity contribution in [2.24, 2.45) is 0 Å². The van der Waals surface area contributed by atoms with Gasteiger partial charge < -0.3 is 10.1 Å². The quantitative estimate of drug-likeness (QED) is 0.641. The Bertz CT molecular complexity index is 383. The van der Waals surface area contributed by atoms with Gasteiger partial charge in [0.25, 0.3) is 0 Å². The predicted molar refractivity (Wildman–Crippen MR) is 69.4 cm³/mol. The van der Waals surface area contributed by atoms with Gasteiger partial charge in [-0.05, 0) is 30.7 Å². The molecule has 0 radical (unpaired) electrons. The highest BCUT2D eigenvalue weighted by molar-refractivity contribution is 6.33. The van der Waals surface area contributed by atoms with Crippen LogP contribution < -0.4 is 5.32 Å². The van der Waals surface area contributed by atoms with Crippen LogP contribution in [0.25, 0.3) is 0 Å². The molecule has 0 spiro atoms. The topological polar surface area (TPSA) is 38.3 Å². The molecule has 94 valence electrons. The molecule has 3 nitrogen and oxygen atoms in total. The highest BCUT2D eigenvalue weighted by atomic mass is 35.5. The van der Waals surface area contributed by atoms with Crippen molar-refractivity contribution >= 4 is 29.2 Å². The van der Waals surface area contributed by atoms with Crippen molar-refractivity contribution in [1.82, 2.24) is 5.32 Å². The molecule has 0 bridgehead atoms. The number of rotatable bonds is 6. The smallest absolute Gasteiger partial charge is 0.307 e. The van der Waals surface area contributed by atoms with E-state index in [0.29, 0.717) is 36.2 Å². The van der Waals surface area contributed by atoms with Gasteiger partial charge >= 0.3 is 5.97 Å². The maximum absolute atomic E-state index is 11.1. The van der Waals surface area contributed by atoms with E-state index in [0.717, 1.165) is 5.56 Å². The zero-order valence-electron chi connectivity index (χ0n) is 9.63. The molecule has 0 heterocycles. The van der Waals surface area contributed by atoms with Crippen LogP contribution in [0.4, 0.5) is 0 Å². The van der Waals surface area contributed by atoms with E-state index in [-0.39, 0.29) is 5.97 Å². The fourth-order valence-corrected chi connectivity index (χ4v) is 1.70. The zero-order valence-corrected chi connectivity index (χ0v) is 11.1. The molecular weight excluding hydrogens is 261 g/mol. The first kappa shape index (κ1) is 14.3. The van der Waals surface area contributed by atoms with Gasteiger partial charge in [-0.3, -0.25) is 4.79 Å². The van der Waals surface area contributed by atoms with Gasteiger partial charge in [0.2, 0.25) is 0 Å². The molecule has 0 aromatic heterocycles. The molecule has 0 fully saturated rings. The number of ether oxygens (including phenoxy) is 1. The summed E-state index contributed by atoms with van der Waals surface area (Å²) >= 11 is 11.9. The lowest BCUT2D eigenvalue weighted by atomic mass is 10.2. The summed E-state index contributed by atoms with van der Waals surface area (Å²) in [6, 6.07) is 5.31. The Labute approximate surface area is 111 Å². The predicted octanol–water partition coefficient (Wildman–Crippen LogP) is 3.04. The van der Waals surface area contributed by atoms with E-state index in [4.69, 9.17) is 27.9 Å². The van der Waals surface area contributed by atoms with E-state index in [1.54, 1.807) is 25.1 Å². The van der Waals surface area contributed by atoms with Gasteiger partial charge in [0.05, 0.1) is 13.0 Å². The number of nitrogens with one attached hydrogen (secondary N) is 1. The molecular formula is C12H15Cl2NO2. The summed E-state index contributed by atoms with van der Waals surface area (Å²) in [7, 11) is 0. The third-order valence-corrected chi connectivity index (χ3v) is 2.74. The van der Waals surface area contributed by atoms with E-state index in [1.807, 2.05) is 0 Å². The van der Waals surface area contributed by atoms with Crippen molar-refractivity contribution in [3.05, 3.63) is 33.8 Å². The number of carbonyl (C=O) groups excluding carboxylic acids is 1. The number of carbonyl (C=O) groups is 1. The van der Waals surface area contributed by atoms with Crippen LogP contribution in [-0.2, 0) is 16.1 Å². The zero-order chi connectivity index (χ0) is 12.7. The van der Waals surface area contributed by atoms with Crippen molar-refractivity contribution < 1.29 is 9.53 Å². The lowest BCUT2D eigenvalue weighted by Gasteiger charge is -2.07. The summed E-state index contributed by atoms with van der Waals surface area (Å²) < 4.78 is 4.81. The van der Waals surface area contributed by atoms with Crippen LogP contribution in [0, 0.1) is 0 Å². The second-order valence-electron chi connectivity index (χ2n) is 3.47. The lowest BCUT2D eigenvalue weighted by molar-refractivity contribution is -0.142. The lowest BCUT2D eigenvalue weighted by Crippen LogP contribution is -2.19. The Balaban J connectivity index is 2.31. The summed E-state index contributed by atoms with van der Waals surface area (Å²) in [5.74, 6) is -0.197. The first-order valence-corrected chi connectivity index (χ1v) is 6.19. The van der Waals surface area contributed by atoms with Crippen molar-refractivity contribution in [3.8, 4) is 0 Å². The van der Waals surface area contributed by atoms with Gasteiger partial charge in [0.15, 0.2) is 0 Å². The SMILES string of the molecule is CCOC(=O)CCNCc1cc(Cl)ccc1Cl. The third-order valence-electron chi connectivity index (χ3n) is 2.13. The Morgan fingerprint density at radius 2 is 2.18 bits per heavy atom. The third kappa shape index (κ3) is 5.39. The Morgan fingerprint density at radius 3 is 2.88 bits per heavy atom. The molecule has 1 aromatic carbocycles. The van der Waals surface area contributed by atoms with Crippen molar-refractivity contribution in [3.63, 3.8) is 0 Å². The van der Waals surface area contributed by atoms with Crippen LogP contribution in [0.15, 0.2) is 18.2 Å². The summed E-state index contributed by atoms with van der Waals surface area (Å²) in [4.78, 5) is 11.1. The molecule has 1 N–H and O–H groups in total. The maximum atomic E-state index is 11.1. The molecule has 0 aliphatic heterocycles. The molecule has 0 aliphatic carbocycles. The first-order chi connectivity index (χ1) is 8.13. The standard InChI is InChI=1S/C12H15Cl2NO2/c1-2-17-12(16)5-6-15-8-9-7-10(13)3-4-11(9)14/h3-4,7,15H,2,5-6,8H2,1H3. The molecule has 0 atom stereocenters. The van der Waals surface area contributed by atoms with E-state index in [2.05, 4.69) is 5.32 Å². The molecule has 0 amide bonds. The fourth-order valence-electron chi connectivity index (χ4n) is 1.33. The minimum Gasteiger partial charge on any atom is -0.466 e. The van der Waals surface area contributed by atoms with Gasteiger partial charge in [-0.25, -0.2) is 0 Å². The van der Waals surface area contributed by atoms with Gasteiger partial charge in [-0.15, -0.1) is 0 Å². The molecule has 1 aromatic rings. The summed E-state index contributed by atoms with van der Waals surface area (Å²) in [6.45, 7) is 3.34. The second kappa shape index (κ2) is 7.54. The molecule has 5 heteroatoms. The van der Waals surface area contributed by atoms with Crippen molar-refractivity contribution in [1.29, 1.82) is 0 Å². The van der Waals surface area contributed by atoms with E-state index in [1.165, 1.54) is 0 Å². The molecule has 17 heavy (non-hydrogen) atoms. The minimum absolute atomic E-state index is 0.197. The number of halogens is 2. The minimum atomic E-state index is -0.197. The van der Waals surface area contributed by atoms with Crippen LogP contribution in [0.5, 0.6) is 0 Å². The number of hydrogen-bond acceptors (Lipinski definition) is 3. The highest BCUT2D eigenvalue weighted by Crippen LogP contribution is 2.20. The largest absolute Gasteiger partial charge is 0.466 e. The van der Waals surface area contributed by atoms with Crippen LogP contribution in [-0.4, -0.2) is 19.1 Å². The first-order valence-electron chi connectivity index (χ1n) is 5.43. The maximum Gasteiger partial charge on any atom is 0.307 e. The number of esters is 1. The average molecular weight is 276 g/mol. The van der Waals surface area contributed by atoms with Crippen LogP contribution in [0.2, 0.25) is 10.0 Å². The van der Waals surface area contributed by atoms with Crippen molar-refractivity contribution in [2.75, 3.05) is 13.2 Å². The number of hydrogen-bond donors (Lipinski definition) is 1. The molecule has 0 saturated heterocycles. The van der Waals surface area contributed by atoms with Crippen LogP contribution >= 0.6 is 23.2 Å². The van der Waals surface area contributed by atoms with Crippen LogP contribution in [0.3, 0.4) is 0 Å². The van der Waals surface area contributed by atoms with Crippen LogP contribution in [0.1, 0.15) is 18.9 Å². The van der Waals surface area contributed by atoms with Crippen molar-refractivity contribution in [2.45, 2.75) is 19.9 Å². The van der Waals surface area contributed by atoms with Gasteiger partial charge in [-0.1, -0.05) is 23.2 Å². The molecule has 1 rings (SSSR count). The fraction of sp³-hybridized carbons (Fsp3) is 0.417. The van der Waals surface area contributed by atoms with E-state index in [9.17, 15) is 4.79 Å².